The Labute approximate surface area is 51.5 Å². The summed E-state index contributed by atoms with van der Waals surface area (Å²) in [5, 5.41) is 5.40. The highest BCUT2D eigenvalue weighted by Crippen LogP contribution is 1.61. The summed E-state index contributed by atoms with van der Waals surface area (Å²) in [6.07, 6.45) is 0.750. The van der Waals surface area contributed by atoms with E-state index in [9.17, 15) is 0 Å². The van der Waals surface area contributed by atoms with Crippen LogP contribution >= 0.6 is 0 Å². The van der Waals surface area contributed by atoms with Gasteiger partial charge in [-0.1, -0.05) is 6.55 Å². The first-order chi connectivity index (χ1) is 3.83. The molecule has 0 spiro atoms. The minimum absolute atomic E-state index is 0.0860. The van der Waals surface area contributed by atoms with Crippen LogP contribution < -0.4 is 0 Å². The summed E-state index contributed by atoms with van der Waals surface area (Å²) >= 11 is 0. The molecule has 0 saturated carbocycles. The van der Waals surface area contributed by atoms with E-state index in [1.807, 2.05) is 6.92 Å². The van der Waals surface area contributed by atoms with Crippen LogP contribution in [0.15, 0.2) is 0 Å². The first kappa shape index (κ1) is 10.5. The Balaban J connectivity index is 0. The summed E-state index contributed by atoms with van der Waals surface area (Å²) in [7, 11) is -0.0860. The maximum atomic E-state index is 8.35. The molecule has 4 heteroatoms. The molecule has 0 heterocycles. The molecular formula is C4H11NO2Si. The standard InChI is InChI=1S/C3H10OSi.CHNO/c1-3-4-5-2;2-1-3/h3,5H2,1-2H3;2H. The van der Waals surface area contributed by atoms with Crippen molar-refractivity contribution in [1.29, 1.82) is 5.41 Å². The predicted molar refractivity (Wildman–Crippen MR) is 34.4 cm³/mol. The molecular weight excluding hydrogens is 122 g/mol. The third kappa shape index (κ3) is 47.6. The van der Waals surface area contributed by atoms with Gasteiger partial charge in [-0.25, -0.2) is 10.2 Å². The molecule has 0 aliphatic carbocycles. The highest BCUT2D eigenvalue weighted by Gasteiger charge is 1.65. The van der Waals surface area contributed by atoms with Crippen molar-refractivity contribution in [2.45, 2.75) is 13.5 Å². The van der Waals surface area contributed by atoms with Crippen molar-refractivity contribution in [3.05, 3.63) is 0 Å². The number of rotatable bonds is 2. The second-order valence-corrected chi connectivity index (χ2v) is 1.87. The minimum atomic E-state index is -0.0860. The number of carbonyl (C=O) groups excluding carboxylic acids is 1. The molecule has 0 amide bonds. The Hall–Kier alpha value is -0.443. The molecule has 0 rings (SSSR count). The van der Waals surface area contributed by atoms with Crippen LogP contribution in [-0.4, -0.2) is 22.4 Å². The molecule has 0 aromatic heterocycles. The van der Waals surface area contributed by atoms with Gasteiger partial charge < -0.3 is 4.43 Å². The van der Waals surface area contributed by atoms with Crippen molar-refractivity contribution < 1.29 is 9.22 Å². The van der Waals surface area contributed by atoms with Gasteiger partial charge in [0.2, 0.25) is 6.08 Å². The number of isocyanates is 1. The van der Waals surface area contributed by atoms with Gasteiger partial charge in [-0.15, -0.1) is 0 Å². The molecule has 0 bridgehead atoms. The molecule has 1 N–H and O–H groups in total. The summed E-state index contributed by atoms with van der Waals surface area (Å²) in [4.78, 5) is 8.35. The van der Waals surface area contributed by atoms with Crippen LogP contribution in [0.2, 0.25) is 6.55 Å². The van der Waals surface area contributed by atoms with Crippen molar-refractivity contribution in [2.24, 2.45) is 0 Å². The summed E-state index contributed by atoms with van der Waals surface area (Å²) < 4.78 is 4.97. The Morgan fingerprint density at radius 2 is 2.25 bits per heavy atom. The van der Waals surface area contributed by atoms with Gasteiger partial charge in [0.1, 0.15) is 0 Å². The molecule has 0 aromatic carbocycles. The largest absolute Gasteiger partial charge is 0.425 e. The number of hydrogen-bond acceptors (Lipinski definition) is 3. The van der Waals surface area contributed by atoms with E-state index in [0.717, 1.165) is 12.7 Å². The van der Waals surface area contributed by atoms with Crippen LogP contribution in [-0.2, 0) is 9.22 Å². The Bertz CT molecular complexity index is 59.1. The van der Waals surface area contributed by atoms with Gasteiger partial charge in [-0.3, -0.25) is 0 Å². The molecule has 0 fully saturated rings. The first-order valence-electron chi connectivity index (χ1n) is 2.45. The molecule has 0 unspecified atom stereocenters. The van der Waals surface area contributed by atoms with Crippen molar-refractivity contribution >= 4 is 15.8 Å². The van der Waals surface area contributed by atoms with Gasteiger partial charge in [0.25, 0.3) is 0 Å². The lowest BCUT2D eigenvalue weighted by Crippen LogP contribution is -1.88. The molecule has 48 valence electrons. The molecule has 0 aromatic rings. The van der Waals surface area contributed by atoms with Crippen molar-refractivity contribution in [2.75, 3.05) is 6.61 Å². The highest BCUT2D eigenvalue weighted by molar-refractivity contribution is 6.24. The Morgan fingerprint density at radius 1 is 1.88 bits per heavy atom. The van der Waals surface area contributed by atoms with Gasteiger partial charge >= 0.3 is 0 Å². The monoisotopic (exact) mass is 133 g/mol. The van der Waals surface area contributed by atoms with E-state index in [1.54, 1.807) is 0 Å². The fraction of sp³-hybridized carbons (Fsp3) is 0.750. The van der Waals surface area contributed by atoms with Gasteiger partial charge in [0, 0.05) is 6.61 Å². The Morgan fingerprint density at radius 3 is 2.25 bits per heavy atom. The van der Waals surface area contributed by atoms with Gasteiger partial charge in [0.15, 0.2) is 9.76 Å². The van der Waals surface area contributed by atoms with E-state index in [4.69, 9.17) is 14.6 Å². The normalized spacial score (nSPS) is 7.75. The van der Waals surface area contributed by atoms with E-state index >= 15 is 0 Å². The third-order valence-corrected chi connectivity index (χ3v) is 1.22. The molecule has 0 atom stereocenters. The van der Waals surface area contributed by atoms with Crippen LogP contribution in [0, 0.1) is 5.41 Å². The zero-order valence-corrected chi connectivity index (χ0v) is 6.64. The quantitative estimate of drug-likeness (QED) is 0.329. The summed E-state index contributed by atoms with van der Waals surface area (Å²) in [5.41, 5.74) is 0. The summed E-state index contributed by atoms with van der Waals surface area (Å²) in [6, 6.07) is 0. The third-order valence-electron chi connectivity index (χ3n) is 0.408. The molecule has 0 saturated heterocycles. The van der Waals surface area contributed by atoms with Crippen LogP contribution in [0.5, 0.6) is 0 Å². The first-order valence-corrected chi connectivity index (χ1v) is 4.44. The van der Waals surface area contributed by atoms with Crippen molar-refractivity contribution in [1.82, 2.24) is 0 Å². The number of nitrogens with one attached hydrogen (secondary N) is 1. The SMILES string of the molecule is CCO[SiH2]C.N=C=O. The lowest BCUT2D eigenvalue weighted by atomic mass is 10.9. The zero-order chi connectivity index (χ0) is 6.83. The summed E-state index contributed by atoms with van der Waals surface area (Å²) in [6.45, 7) is 5.06. The van der Waals surface area contributed by atoms with Crippen LogP contribution in [0.4, 0.5) is 0 Å². The fourth-order valence-corrected chi connectivity index (χ4v) is 0.612. The maximum absolute atomic E-state index is 8.35. The molecule has 0 aliphatic rings. The van der Waals surface area contributed by atoms with E-state index in [0.29, 0.717) is 0 Å². The maximum Gasteiger partial charge on any atom is 0.231 e. The molecule has 0 radical (unpaired) electrons. The lowest BCUT2D eigenvalue weighted by Gasteiger charge is -1.86. The lowest BCUT2D eigenvalue weighted by molar-refractivity contribution is 0.364. The second kappa shape index (κ2) is 16.0. The average molecular weight is 133 g/mol. The number of hydrogen-bond donors (Lipinski definition) is 1. The highest BCUT2D eigenvalue weighted by atomic mass is 28.2. The van der Waals surface area contributed by atoms with E-state index in [-0.39, 0.29) is 9.76 Å². The molecule has 8 heavy (non-hydrogen) atoms. The fourth-order valence-electron chi connectivity index (χ4n) is 0.204. The molecule has 3 nitrogen and oxygen atoms in total. The van der Waals surface area contributed by atoms with Crippen molar-refractivity contribution in [3.63, 3.8) is 0 Å². The van der Waals surface area contributed by atoms with Gasteiger partial charge in [-0.05, 0) is 6.92 Å². The van der Waals surface area contributed by atoms with E-state index in [1.165, 1.54) is 0 Å². The van der Waals surface area contributed by atoms with E-state index in [2.05, 4.69) is 6.55 Å². The van der Waals surface area contributed by atoms with Crippen LogP contribution in [0.25, 0.3) is 0 Å². The van der Waals surface area contributed by atoms with Gasteiger partial charge in [-0.2, -0.15) is 0 Å². The Kier molecular flexibility index (Phi) is 21.0. The second-order valence-electron chi connectivity index (χ2n) is 0.884. The topological polar surface area (TPSA) is 50.1 Å². The summed E-state index contributed by atoms with van der Waals surface area (Å²) in [5.74, 6) is 0. The van der Waals surface area contributed by atoms with E-state index < -0.39 is 0 Å². The van der Waals surface area contributed by atoms with Crippen molar-refractivity contribution in [3.8, 4) is 0 Å². The molecule has 0 aliphatic heterocycles. The van der Waals surface area contributed by atoms with Crippen LogP contribution in [0.3, 0.4) is 0 Å². The zero-order valence-electron chi connectivity index (χ0n) is 5.23. The van der Waals surface area contributed by atoms with Gasteiger partial charge in [0.05, 0.1) is 0 Å². The smallest absolute Gasteiger partial charge is 0.231 e. The van der Waals surface area contributed by atoms with Crippen LogP contribution in [0.1, 0.15) is 6.92 Å². The predicted octanol–water partition coefficient (Wildman–Crippen LogP) is 0.0558. The average Bonchev–Trinajstić information content (AvgIpc) is 1.71. The minimum Gasteiger partial charge on any atom is -0.425 e.